The van der Waals surface area contributed by atoms with Crippen LogP contribution in [0.5, 0.6) is 0 Å². The molecule has 5 rings (SSSR count). The zero-order chi connectivity index (χ0) is 25.2. The molecule has 2 aliphatic carbocycles. The van der Waals surface area contributed by atoms with E-state index in [1.807, 2.05) is 49.0 Å². The Balaban J connectivity index is 1.42. The number of unbranched alkanes of at least 4 members (excludes halogenated alkanes) is 1. The average molecular weight is 496 g/mol. The lowest BCUT2D eigenvalue weighted by atomic mass is 9.92. The number of nitrogens with zero attached hydrogens (tertiary/aromatic N) is 2. The van der Waals surface area contributed by atoms with Crippen molar-refractivity contribution in [2.24, 2.45) is 18.9 Å². The summed E-state index contributed by atoms with van der Waals surface area (Å²) in [4.78, 5) is 27.0. The number of aromatic nitrogens is 2. The molecule has 2 saturated carbocycles. The van der Waals surface area contributed by atoms with Crippen LogP contribution in [-0.2, 0) is 21.3 Å². The molecule has 2 aromatic rings. The monoisotopic (exact) mass is 495 g/mol. The van der Waals surface area contributed by atoms with Crippen molar-refractivity contribution in [2.75, 3.05) is 13.2 Å². The van der Waals surface area contributed by atoms with Gasteiger partial charge in [0, 0.05) is 43.3 Å². The number of nitrogens with one attached hydrogen (secondary N) is 1. The first-order valence-electron chi connectivity index (χ1n) is 13.2. The summed E-state index contributed by atoms with van der Waals surface area (Å²) < 4.78 is 15.5. The normalized spacial score (nSPS) is 27.1. The fraction of sp³-hybridized carbons (Fsp3) is 0.571. The summed E-state index contributed by atoms with van der Waals surface area (Å²) in [6, 6.07) is 9.75. The van der Waals surface area contributed by atoms with Crippen molar-refractivity contribution in [3.63, 3.8) is 0 Å². The molecule has 1 aromatic carbocycles. The van der Waals surface area contributed by atoms with Crippen molar-refractivity contribution in [3.8, 4) is 5.69 Å². The summed E-state index contributed by atoms with van der Waals surface area (Å²) >= 11 is 0. The number of carbonyl (C=O) groups is 1. The molecule has 2 bridgehead atoms. The molecule has 2 N–H and O–H groups in total. The van der Waals surface area contributed by atoms with Crippen molar-refractivity contribution >= 4 is 5.91 Å². The highest BCUT2D eigenvalue weighted by Gasteiger charge is 2.41. The molecular weight excluding hydrogens is 458 g/mol. The van der Waals surface area contributed by atoms with Crippen LogP contribution in [0.25, 0.3) is 5.69 Å². The van der Waals surface area contributed by atoms with Crippen LogP contribution < -0.4 is 10.9 Å². The van der Waals surface area contributed by atoms with E-state index in [4.69, 9.17) is 14.6 Å². The second-order valence-corrected chi connectivity index (χ2v) is 10.5. The Labute approximate surface area is 211 Å². The summed E-state index contributed by atoms with van der Waals surface area (Å²) in [5.74, 6) is 0.971. The van der Waals surface area contributed by atoms with E-state index in [1.165, 1.54) is 19.3 Å². The lowest BCUT2D eigenvalue weighted by Gasteiger charge is -2.30. The van der Waals surface area contributed by atoms with Crippen molar-refractivity contribution < 1.29 is 19.4 Å². The maximum absolute atomic E-state index is 13.7. The molecule has 5 atom stereocenters. The van der Waals surface area contributed by atoms with Crippen LogP contribution in [-0.4, -0.2) is 45.9 Å². The summed E-state index contributed by atoms with van der Waals surface area (Å²) in [6.45, 7) is 2.46. The molecular formula is C28H37N3O5. The van der Waals surface area contributed by atoms with E-state index in [2.05, 4.69) is 5.32 Å². The number of fused-ring (bicyclic) bond motifs is 2. The lowest BCUT2D eigenvalue weighted by molar-refractivity contribution is -0.147. The van der Waals surface area contributed by atoms with Gasteiger partial charge in [-0.25, -0.2) is 4.68 Å². The zero-order valence-electron chi connectivity index (χ0n) is 21.2. The molecule has 1 amide bonds. The summed E-state index contributed by atoms with van der Waals surface area (Å²) in [5.41, 5.74) is 2.19. The van der Waals surface area contributed by atoms with Crippen molar-refractivity contribution in [2.45, 2.75) is 70.1 Å². The van der Waals surface area contributed by atoms with E-state index in [1.54, 1.807) is 10.8 Å². The fourth-order valence-corrected chi connectivity index (χ4v) is 6.23. The van der Waals surface area contributed by atoms with E-state index in [-0.39, 0.29) is 35.8 Å². The third-order valence-corrected chi connectivity index (χ3v) is 8.16. The van der Waals surface area contributed by atoms with E-state index >= 15 is 0 Å². The smallest absolute Gasteiger partial charge is 0.286 e. The molecule has 2 fully saturated rings. The van der Waals surface area contributed by atoms with Gasteiger partial charge in [-0.15, -0.1) is 0 Å². The third-order valence-electron chi connectivity index (χ3n) is 8.16. The molecule has 8 nitrogen and oxygen atoms in total. The molecule has 0 radical (unpaired) electrons. The van der Waals surface area contributed by atoms with Gasteiger partial charge in [-0.2, -0.15) is 0 Å². The van der Waals surface area contributed by atoms with Gasteiger partial charge in [0.2, 0.25) is 6.29 Å². The van der Waals surface area contributed by atoms with Crippen molar-refractivity contribution in [1.29, 1.82) is 0 Å². The first-order valence-corrected chi connectivity index (χ1v) is 13.2. The first-order chi connectivity index (χ1) is 17.5. The van der Waals surface area contributed by atoms with Crippen LogP contribution in [0, 0.1) is 18.8 Å². The highest BCUT2D eigenvalue weighted by atomic mass is 16.7. The molecule has 1 aliphatic heterocycles. The molecule has 194 valence electrons. The van der Waals surface area contributed by atoms with Crippen LogP contribution in [0.1, 0.15) is 62.1 Å². The summed E-state index contributed by atoms with van der Waals surface area (Å²) in [7, 11) is 1.88. The summed E-state index contributed by atoms with van der Waals surface area (Å²) in [5, 5.41) is 12.3. The molecule has 3 aliphatic rings. The Hall–Kier alpha value is -2.84. The minimum absolute atomic E-state index is 0.101. The van der Waals surface area contributed by atoms with Gasteiger partial charge < -0.3 is 19.9 Å². The number of aliphatic hydroxyl groups is 1. The van der Waals surface area contributed by atoms with Gasteiger partial charge in [0.1, 0.15) is 0 Å². The number of amides is 1. The van der Waals surface area contributed by atoms with E-state index in [0.717, 1.165) is 23.7 Å². The van der Waals surface area contributed by atoms with Gasteiger partial charge in [-0.05, 0) is 69.1 Å². The van der Waals surface area contributed by atoms with E-state index in [0.29, 0.717) is 37.4 Å². The number of allylic oxidation sites excluding steroid dienone is 1. The minimum Gasteiger partial charge on any atom is -0.459 e. The van der Waals surface area contributed by atoms with Crippen LogP contribution in [0.15, 0.2) is 47.0 Å². The fourth-order valence-electron chi connectivity index (χ4n) is 6.23. The van der Waals surface area contributed by atoms with E-state index in [9.17, 15) is 9.59 Å². The number of aliphatic hydroxyl groups excluding tert-OH is 1. The minimum atomic E-state index is -0.636. The number of hydrogen-bond donors (Lipinski definition) is 2. The number of rotatable bonds is 9. The topological polar surface area (TPSA) is 94.7 Å². The van der Waals surface area contributed by atoms with Crippen LogP contribution in [0.2, 0.25) is 0 Å². The molecule has 2 heterocycles. The van der Waals surface area contributed by atoms with Gasteiger partial charge in [-0.3, -0.25) is 14.3 Å². The average Bonchev–Trinajstić information content (AvgIpc) is 3.56. The van der Waals surface area contributed by atoms with Gasteiger partial charge in [-0.1, -0.05) is 24.6 Å². The molecule has 8 heteroatoms. The summed E-state index contributed by atoms with van der Waals surface area (Å²) in [6.07, 6.45) is 7.63. The molecule has 1 aromatic heterocycles. The third kappa shape index (κ3) is 4.89. The van der Waals surface area contributed by atoms with E-state index < -0.39 is 6.29 Å². The Morgan fingerprint density at radius 2 is 1.97 bits per heavy atom. The Bertz CT molecular complexity index is 1170. The number of ether oxygens (including phenoxy) is 2. The Morgan fingerprint density at radius 3 is 2.67 bits per heavy atom. The Kier molecular flexibility index (Phi) is 7.34. The number of carbonyl (C=O) groups excluding carboxylic acids is 1. The maximum Gasteiger partial charge on any atom is 0.286 e. The number of para-hydroxylation sites is 1. The van der Waals surface area contributed by atoms with Gasteiger partial charge in [0.15, 0.2) is 5.76 Å². The molecule has 0 spiro atoms. The Morgan fingerprint density at radius 1 is 1.17 bits per heavy atom. The van der Waals surface area contributed by atoms with Crippen LogP contribution in [0.3, 0.4) is 0 Å². The SMILES string of the molecule is Cc1c([C@@H]2C=C(C(=O)NC3CC4CCC3C4)O[C@H](OCCCCO)C2)c(=O)n(-c2ccccc2)n1C. The van der Waals surface area contributed by atoms with Gasteiger partial charge in [0.25, 0.3) is 11.5 Å². The second kappa shape index (κ2) is 10.6. The van der Waals surface area contributed by atoms with Crippen LogP contribution in [0.4, 0.5) is 0 Å². The zero-order valence-corrected chi connectivity index (χ0v) is 21.2. The molecule has 0 saturated heterocycles. The van der Waals surface area contributed by atoms with Gasteiger partial charge >= 0.3 is 0 Å². The second-order valence-electron chi connectivity index (χ2n) is 10.5. The highest BCUT2D eigenvalue weighted by molar-refractivity contribution is 5.92. The molecule has 3 unspecified atom stereocenters. The van der Waals surface area contributed by atoms with Crippen molar-refractivity contribution in [3.05, 3.63) is 63.8 Å². The standard InChI is InChI=1S/C28H37N3O5/c1-18-26(28(34)31(30(18)2)22-8-4-3-5-9-22)21-16-24(36-25(17-21)35-13-7-6-12-32)27(33)29-23-15-19-10-11-20(23)14-19/h3-5,8-9,16,19-21,23,25,32H,6-7,10-15,17H2,1-2H3,(H,29,33)/t19?,20?,21-,23?,25+/m1/s1. The predicted octanol–water partition coefficient (Wildman–Crippen LogP) is 3.29. The maximum atomic E-state index is 13.7. The van der Waals surface area contributed by atoms with Gasteiger partial charge in [0.05, 0.1) is 12.3 Å². The first kappa shape index (κ1) is 24.8. The largest absolute Gasteiger partial charge is 0.459 e. The highest BCUT2D eigenvalue weighted by Crippen LogP contribution is 2.44. The lowest BCUT2D eigenvalue weighted by Crippen LogP contribution is -2.41. The van der Waals surface area contributed by atoms with Crippen molar-refractivity contribution in [1.82, 2.24) is 14.7 Å². The quantitative estimate of drug-likeness (QED) is 0.521. The predicted molar refractivity (Wildman–Crippen MR) is 136 cm³/mol. The number of benzene rings is 1. The molecule has 36 heavy (non-hydrogen) atoms. The number of hydrogen-bond acceptors (Lipinski definition) is 5. The van der Waals surface area contributed by atoms with Crippen LogP contribution >= 0.6 is 0 Å².